The number of nitro groups is 1. The molecule has 1 aromatic carbocycles. The molecule has 0 spiro atoms. The molecule has 0 radical (unpaired) electrons. The summed E-state index contributed by atoms with van der Waals surface area (Å²) in [7, 11) is 0. The monoisotopic (exact) mass is 762 g/mol. The van der Waals surface area contributed by atoms with E-state index in [1.807, 2.05) is 39.3 Å². The summed E-state index contributed by atoms with van der Waals surface area (Å²) >= 11 is 3.80. The van der Waals surface area contributed by atoms with E-state index in [2.05, 4.69) is 26.6 Å². The topological polar surface area (TPSA) is 210 Å². The fraction of sp³-hybridized carbons (Fsp3) is 0.643. The van der Waals surface area contributed by atoms with Crippen molar-refractivity contribution >= 4 is 64.0 Å². The van der Waals surface area contributed by atoms with Crippen molar-refractivity contribution in [1.82, 2.24) is 31.5 Å². The van der Waals surface area contributed by atoms with Gasteiger partial charge in [-0.15, -0.1) is 0 Å². The number of carbonyl (C=O) groups is 4. The van der Waals surface area contributed by atoms with Crippen LogP contribution in [0.15, 0.2) is 18.2 Å². The van der Waals surface area contributed by atoms with E-state index in [1.54, 1.807) is 19.1 Å². The first-order chi connectivity index (χ1) is 21.6. The second-order valence-corrected chi connectivity index (χ2v) is 12.9. The number of rotatable bonds is 19. The van der Waals surface area contributed by atoms with Gasteiger partial charge in [0.25, 0.3) is 5.69 Å². The number of nitro benzene ring substituents is 1. The van der Waals surface area contributed by atoms with Crippen molar-refractivity contribution in [1.29, 1.82) is 0 Å². The molecule has 250 valence electrons. The lowest BCUT2D eigenvalue weighted by atomic mass is 10.0. The maximum atomic E-state index is 12.4. The molecule has 4 unspecified atom stereocenters. The largest absolute Gasteiger partial charge is 0.441 e. The molecule has 5 amide bonds. The highest BCUT2D eigenvalue weighted by molar-refractivity contribution is 14.1. The number of alkyl carbamates (subject to hydrolysis) is 1. The maximum absolute atomic E-state index is 12.4. The molecule has 2 heterocycles. The maximum Gasteiger partial charge on any atom is 0.407 e. The van der Waals surface area contributed by atoms with Crippen LogP contribution in [0.25, 0.3) is 0 Å². The summed E-state index contributed by atoms with van der Waals surface area (Å²) in [6, 6.07) is 4.98. The predicted octanol–water partition coefficient (Wildman–Crippen LogP) is 1.54. The summed E-state index contributed by atoms with van der Waals surface area (Å²) in [5.41, 5.74) is 6.68. The third-order valence-corrected chi connectivity index (χ3v) is 9.73. The Hall–Kier alpha value is -2.90. The number of halogens is 1. The number of nitrogens with zero attached hydrogens (tertiary/aromatic N) is 2. The lowest BCUT2D eigenvalue weighted by Gasteiger charge is -2.23. The average Bonchev–Trinajstić information content (AvgIpc) is 3.56. The first-order valence-electron chi connectivity index (χ1n) is 15.0. The number of thioether (sulfide) groups is 1. The fourth-order valence-electron chi connectivity index (χ4n) is 5.30. The SMILES string of the molecule is CC(OC(=O)NCCNC(=O)CI)c1cc(CN(CCN)CCNC(=O)CCCCC2SCC3NC(=O)NC32)ccc1[N+](=O)[O-]. The standard InChI is InChI=1S/C28H43IN8O7S/c1-18(44-28(41)33-10-9-31-25(39)15-29)20-14-19(6-7-22(20)37(42)43)16-36(12-8-30)13-11-32-24(38)5-3-2-4-23-26-21(17-45-23)34-27(40)35-26/h6-7,14,18,21,23,26H,2-5,8-13,15-17,30H2,1H3,(H,31,39)(H,32,38)(H,33,41)(H2,34,35,40). The van der Waals surface area contributed by atoms with Crippen molar-refractivity contribution in [3.05, 3.63) is 39.4 Å². The van der Waals surface area contributed by atoms with Crippen LogP contribution in [0.5, 0.6) is 0 Å². The summed E-state index contributed by atoms with van der Waals surface area (Å²) in [4.78, 5) is 60.8. The zero-order valence-corrected chi connectivity index (χ0v) is 28.3. The molecular weight excluding hydrogens is 719 g/mol. The molecule has 2 fully saturated rings. The van der Waals surface area contributed by atoms with Crippen molar-refractivity contribution in [3.8, 4) is 0 Å². The quantitative estimate of drug-likeness (QED) is 0.0299. The van der Waals surface area contributed by atoms with E-state index in [-0.39, 0.29) is 54.3 Å². The lowest BCUT2D eigenvalue weighted by molar-refractivity contribution is -0.386. The second kappa shape index (κ2) is 18.9. The van der Waals surface area contributed by atoms with E-state index in [0.717, 1.165) is 30.6 Å². The first-order valence-corrected chi connectivity index (χ1v) is 17.6. The van der Waals surface area contributed by atoms with Crippen LogP contribution in [0.3, 0.4) is 0 Å². The lowest BCUT2D eigenvalue weighted by Crippen LogP contribution is -2.37. The molecule has 0 aliphatic carbocycles. The fourth-order valence-corrected chi connectivity index (χ4v) is 7.11. The Kier molecular flexibility index (Phi) is 15.4. The number of hydrogen-bond donors (Lipinski definition) is 6. The number of fused-ring (bicyclic) bond motifs is 1. The molecular formula is C28H43IN8O7S. The molecule has 0 saturated carbocycles. The van der Waals surface area contributed by atoms with E-state index < -0.39 is 17.1 Å². The Balaban J connectivity index is 1.43. The number of carbonyl (C=O) groups excluding carboxylic acids is 4. The number of amides is 5. The van der Waals surface area contributed by atoms with Crippen LogP contribution in [0.2, 0.25) is 0 Å². The van der Waals surface area contributed by atoms with Crippen molar-refractivity contribution in [2.24, 2.45) is 5.73 Å². The molecule has 0 aromatic heterocycles. The van der Waals surface area contributed by atoms with Gasteiger partial charge in [0.2, 0.25) is 11.8 Å². The van der Waals surface area contributed by atoms with Crippen LogP contribution in [-0.4, -0.2) is 101 Å². The Morgan fingerprint density at radius 3 is 2.64 bits per heavy atom. The minimum atomic E-state index is -0.904. The number of nitrogens with one attached hydrogen (secondary N) is 5. The molecule has 17 heteroatoms. The number of hydrogen-bond acceptors (Lipinski definition) is 10. The number of unbranched alkanes of at least 4 members (excludes halogenated alkanes) is 1. The van der Waals surface area contributed by atoms with Crippen molar-refractivity contribution < 1.29 is 28.8 Å². The van der Waals surface area contributed by atoms with E-state index in [1.165, 1.54) is 6.07 Å². The van der Waals surface area contributed by atoms with Crippen molar-refractivity contribution in [2.75, 3.05) is 49.4 Å². The highest BCUT2D eigenvalue weighted by Crippen LogP contribution is 2.33. The summed E-state index contributed by atoms with van der Waals surface area (Å²) in [5, 5.41) is 26.1. The zero-order chi connectivity index (χ0) is 32.8. The molecule has 2 aliphatic heterocycles. The summed E-state index contributed by atoms with van der Waals surface area (Å²) < 4.78 is 5.69. The van der Waals surface area contributed by atoms with Crippen LogP contribution in [0.1, 0.15) is 49.8 Å². The van der Waals surface area contributed by atoms with Gasteiger partial charge in [-0.25, -0.2) is 9.59 Å². The molecule has 2 aliphatic rings. The first kappa shape index (κ1) is 36.6. The minimum absolute atomic E-state index is 0.0234. The summed E-state index contributed by atoms with van der Waals surface area (Å²) in [6.45, 7) is 4.28. The molecule has 7 N–H and O–H groups in total. The Morgan fingerprint density at radius 1 is 1.16 bits per heavy atom. The van der Waals surface area contributed by atoms with Crippen LogP contribution in [0, 0.1) is 10.1 Å². The number of nitrogens with two attached hydrogens (primary N) is 1. The molecule has 4 atom stereocenters. The van der Waals surface area contributed by atoms with Crippen LogP contribution >= 0.6 is 34.4 Å². The van der Waals surface area contributed by atoms with Gasteiger partial charge >= 0.3 is 12.1 Å². The second-order valence-electron chi connectivity index (χ2n) is 10.9. The highest BCUT2D eigenvalue weighted by Gasteiger charge is 2.42. The van der Waals surface area contributed by atoms with Gasteiger partial charge in [0, 0.05) is 69.3 Å². The number of benzene rings is 1. The van der Waals surface area contributed by atoms with Crippen LogP contribution in [0.4, 0.5) is 15.3 Å². The minimum Gasteiger partial charge on any atom is -0.441 e. The van der Waals surface area contributed by atoms with Crippen LogP contribution in [-0.2, 0) is 20.9 Å². The van der Waals surface area contributed by atoms with Gasteiger partial charge in [0.05, 0.1) is 27.0 Å². The average molecular weight is 763 g/mol. The third kappa shape index (κ3) is 12.1. The van der Waals surface area contributed by atoms with Gasteiger partial charge in [-0.2, -0.15) is 11.8 Å². The van der Waals surface area contributed by atoms with Gasteiger partial charge in [-0.05, 0) is 31.4 Å². The highest BCUT2D eigenvalue weighted by atomic mass is 127. The molecule has 45 heavy (non-hydrogen) atoms. The van der Waals surface area contributed by atoms with Crippen molar-refractivity contribution in [2.45, 2.75) is 62.6 Å². The van der Waals surface area contributed by atoms with Crippen molar-refractivity contribution in [3.63, 3.8) is 0 Å². The van der Waals surface area contributed by atoms with Gasteiger partial charge in [-0.1, -0.05) is 35.1 Å². The smallest absolute Gasteiger partial charge is 0.407 e. The van der Waals surface area contributed by atoms with Gasteiger partial charge in [0.15, 0.2) is 0 Å². The van der Waals surface area contributed by atoms with Crippen LogP contribution < -0.4 is 32.3 Å². The molecule has 0 bridgehead atoms. The molecule has 2 saturated heterocycles. The van der Waals surface area contributed by atoms with E-state index in [9.17, 15) is 29.3 Å². The number of urea groups is 1. The summed E-state index contributed by atoms with van der Waals surface area (Å²) in [6.07, 6.45) is 1.41. The third-order valence-electron chi connectivity index (χ3n) is 7.53. The summed E-state index contributed by atoms with van der Waals surface area (Å²) in [5.74, 6) is 0.742. The number of alkyl halides is 1. The van der Waals surface area contributed by atoms with E-state index >= 15 is 0 Å². The molecule has 1 aromatic rings. The number of ether oxygens (including phenoxy) is 1. The predicted molar refractivity (Wildman–Crippen MR) is 179 cm³/mol. The van der Waals surface area contributed by atoms with Gasteiger partial charge < -0.3 is 37.1 Å². The Bertz CT molecular complexity index is 1200. The van der Waals surface area contributed by atoms with Gasteiger partial charge in [-0.3, -0.25) is 24.6 Å². The molecule has 15 nitrogen and oxygen atoms in total. The van der Waals surface area contributed by atoms with E-state index in [4.69, 9.17) is 10.5 Å². The van der Waals surface area contributed by atoms with Gasteiger partial charge in [0.1, 0.15) is 6.10 Å². The normalized spacial score (nSPS) is 19.3. The van der Waals surface area contributed by atoms with E-state index in [0.29, 0.717) is 48.8 Å². The Morgan fingerprint density at radius 2 is 1.91 bits per heavy atom. The zero-order valence-electron chi connectivity index (χ0n) is 25.3. The molecule has 3 rings (SSSR count). The Labute approximate surface area is 280 Å².